The fraction of sp³-hybridized carbons (Fsp3) is 0.273. The number of Topliss-reactive ketones (excluding diaryl/α,β-unsaturated/α-hetero) is 1. The molecule has 0 saturated carbocycles. The average Bonchev–Trinajstić information content (AvgIpc) is 2.18. The van der Waals surface area contributed by atoms with Crippen LogP contribution in [0.4, 0.5) is 0 Å². The number of fused-ring (bicyclic) bond motifs is 1. The molecule has 0 radical (unpaired) electrons. The van der Waals surface area contributed by atoms with Gasteiger partial charge in [-0.2, -0.15) is 0 Å². The molecule has 0 amide bonds. The minimum Gasteiger partial charge on any atom is -0.295 e. The SMILES string of the molecule is CC(=O)C1=CC=[N+](O)C2C=CC=CC12. The van der Waals surface area contributed by atoms with Crippen LogP contribution in [0.3, 0.4) is 0 Å². The van der Waals surface area contributed by atoms with Crippen LogP contribution in [-0.4, -0.2) is 28.0 Å². The smallest absolute Gasteiger partial charge is 0.230 e. The van der Waals surface area contributed by atoms with Crippen LogP contribution in [0.25, 0.3) is 0 Å². The molecule has 0 aromatic heterocycles. The van der Waals surface area contributed by atoms with E-state index in [9.17, 15) is 10.0 Å². The van der Waals surface area contributed by atoms with Crippen molar-refractivity contribution in [1.82, 2.24) is 0 Å². The molecule has 1 aliphatic carbocycles. The fourth-order valence-electron chi connectivity index (χ4n) is 1.85. The van der Waals surface area contributed by atoms with Crippen molar-refractivity contribution in [3.63, 3.8) is 0 Å². The number of hydrogen-bond donors (Lipinski definition) is 1. The topological polar surface area (TPSA) is 40.3 Å². The van der Waals surface area contributed by atoms with Crippen molar-refractivity contribution < 1.29 is 14.7 Å². The van der Waals surface area contributed by atoms with Gasteiger partial charge in [-0.15, -0.1) is 0 Å². The predicted octanol–water partition coefficient (Wildman–Crippen LogP) is 1.10. The first kappa shape index (κ1) is 8.94. The third-order valence-corrected chi connectivity index (χ3v) is 2.58. The quantitative estimate of drug-likeness (QED) is 0.497. The molecule has 2 unspecified atom stereocenters. The predicted molar refractivity (Wildman–Crippen MR) is 52.4 cm³/mol. The summed E-state index contributed by atoms with van der Waals surface area (Å²) in [6.07, 6.45) is 10.8. The Morgan fingerprint density at radius 3 is 2.86 bits per heavy atom. The van der Waals surface area contributed by atoms with Gasteiger partial charge in [0.15, 0.2) is 5.78 Å². The Bertz CT molecular complexity index is 388. The van der Waals surface area contributed by atoms with E-state index in [0.717, 1.165) is 10.3 Å². The van der Waals surface area contributed by atoms with Crippen molar-refractivity contribution in [2.24, 2.45) is 5.92 Å². The highest BCUT2D eigenvalue weighted by Gasteiger charge is 2.35. The minimum atomic E-state index is -0.135. The van der Waals surface area contributed by atoms with Gasteiger partial charge in [0.05, 0.1) is 5.92 Å². The standard InChI is InChI=1S/C11H12NO2/c1-8(13)9-6-7-12(14)11-5-3-2-4-10(9)11/h2-7,10-11,14H,1H3/q+1. The van der Waals surface area contributed by atoms with Gasteiger partial charge in [0.1, 0.15) is 0 Å². The molecular weight excluding hydrogens is 178 g/mol. The number of ketones is 1. The van der Waals surface area contributed by atoms with E-state index >= 15 is 0 Å². The molecule has 0 aromatic carbocycles. The van der Waals surface area contributed by atoms with Gasteiger partial charge < -0.3 is 0 Å². The van der Waals surface area contributed by atoms with E-state index < -0.39 is 0 Å². The maximum absolute atomic E-state index is 11.3. The zero-order valence-electron chi connectivity index (χ0n) is 7.92. The van der Waals surface area contributed by atoms with Crippen LogP contribution in [-0.2, 0) is 4.79 Å². The van der Waals surface area contributed by atoms with Crippen molar-refractivity contribution in [3.8, 4) is 0 Å². The Morgan fingerprint density at radius 2 is 2.14 bits per heavy atom. The van der Waals surface area contributed by atoms with Gasteiger partial charge >= 0.3 is 0 Å². The zero-order chi connectivity index (χ0) is 10.1. The van der Waals surface area contributed by atoms with Gasteiger partial charge in [0.2, 0.25) is 12.3 Å². The molecule has 0 spiro atoms. The molecule has 3 nitrogen and oxygen atoms in total. The number of carbonyl (C=O) groups is 1. The lowest BCUT2D eigenvalue weighted by atomic mass is 9.84. The third-order valence-electron chi connectivity index (χ3n) is 2.58. The molecular formula is C11H12NO2+. The second-order valence-electron chi connectivity index (χ2n) is 3.49. The first-order chi connectivity index (χ1) is 6.70. The molecule has 1 N–H and O–H groups in total. The fourth-order valence-corrected chi connectivity index (χ4v) is 1.85. The number of rotatable bonds is 1. The largest absolute Gasteiger partial charge is 0.295 e. The van der Waals surface area contributed by atoms with Crippen molar-refractivity contribution >= 4 is 12.0 Å². The maximum atomic E-state index is 11.3. The molecule has 1 heterocycles. The molecule has 2 aliphatic rings. The highest BCUT2D eigenvalue weighted by atomic mass is 16.5. The summed E-state index contributed by atoms with van der Waals surface area (Å²) < 4.78 is 1.14. The van der Waals surface area contributed by atoms with Gasteiger partial charge in [-0.3, -0.25) is 10.0 Å². The summed E-state index contributed by atoms with van der Waals surface area (Å²) >= 11 is 0. The molecule has 0 aromatic rings. The summed E-state index contributed by atoms with van der Waals surface area (Å²) in [4.78, 5) is 11.3. The lowest BCUT2D eigenvalue weighted by Crippen LogP contribution is -2.36. The second-order valence-corrected chi connectivity index (χ2v) is 3.49. The molecule has 72 valence electrons. The van der Waals surface area contributed by atoms with Crippen LogP contribution in [0, 0.1) is 5.92 Å². The first-order valence-electron chi connectivity index (χ1n) is 4.58. The van der Waals surface area contributed by atoms with Crippen molar-refractivity contribution in [2.45, 2.75) is 13.0 Å². The van der Waals surface area contributed by atoms with Crippen LogP contribution in [0.1, 0.15) is 6.92 Å². The van der Waals surface area contributed by atoms with Crippen molar-refractivity contribution in [2.75, 3.05) is 0 Å². The van der Waals surface area contributed by atoms with Crippen molar-refractivity contribution in [1.29, 1.82) is 0 Å². The molecule has 0 fully saturated rings. The lowest BCUT2D eigenvalue weighted by Gasteiger charge is -2.21. The molecule has 14 heavy (non-hydrogen) atoms. The monoisotopic (exact) mass is 190 g/mol. The van der Waals surface area contributed by atoms with Gasteiger partial charge in [-0.1, -0.05) is 18.2 Å². The summed E-state index contributed by atoms with van der Waals surface area (Å²) in [6, 6.07) is -0.135. The van der Waals surface area contributed by atoms with E-state index in [2.05, 4.69) is 0 Å². The van der Waals surface area contributed by atoms with Crippen LogP contribution >= 0.6 is 0 Å². The van der Waals surface area contributed by atoms with E-state index in [1.54, 1.807) is 13.0 Å². The Morgan fingerprint density at radius 1 is 1.43 bits per heavy atom. The Kier molecular flexibility index (Phi) is 2.08. The van der Waals surface area contributed by atoms with E-state index in [0.29, 0.717) is 0 Å². The number of hydroxylamine groups is 1. The van der Waals surface area contributed by atoms with E-state index in [1.807, 2.05) is 24.3 Å². The van der Waals surface area contributed by atoms with E-state index in [-0.39, 0.29) is 17.7 Å². The summed E-state index contributed by atoms with van der Waals surface area (Å²) in [5.41, 5.74) is 0.751. The van der Waals surface area contributed by atoms with Crippen LogP contribution < -0.4 is 0 Å². The summed E-state index contributed by atoms with van der Waals surface area (Å²) in [5, 5.41) is 9.54. The lowest BCUT2D eigenvalue weighted by molar-refractivity contribution is -0.792. The molecule has 0 saturated heterocycles. The molecule has 0 bridgehead atoms. The summed E-state index contributed by atoms with van der Waals surface area (Å²) in [6.45, 7) is 1.55. The highest BCUT2D eigenvalue weighted by molar-refractivity contribution is 5.98. The normalized spacial score (nSPS) is 29.2. The minimum absolute atomic E-state index is 0.0208. The molecule has 3 heteroatoms. The summed E-state index contributed by atoms with van der Waals surface area (Å²) in [7, 11) is 0. The van der Waals surface area contributed by atoms with E-state index in [1.165, 1.54) is 6.21 Å². The average molecular weight is 190 g/mol. The Labute approximate surface area is 82.3 Å². The first-order valence-corrected chi connectivity index (χ1v) is 4.58. The van der Waals surface area contributed by atoms with Gasteiger partial charge in [0, 0.05) is 11.6 Å². The van der Waals surface area contributed by atoms with Gasteiger partial charge in [-0.25, -0.2) is 0 Å². The molecule has 2 rings (SSSR count). The number of hydrogen-bond acceptors (Lipinski definition) is 2. The van der Waals surface area contributed by atoms with Crippen LogP contribution in [0.2, 0.25) is 0 Å². The van der Waals surface area contributed by atoms with Gasteiger partial charge in [0.25, 0.3) is 0 Å². The number of nitrogens with zero attached hydrogens (tertiary/aromatic N) is 1. The third kappa shape index (κ3) is 1.31. The van der Waals surface area contributed by atoms with Crippen LogP contribution in [0.5, 0.6) is 0 Å². The second kappa shape index (κ2) is 3.25. The van der Waals surface area contributed by atoms with Gasteiger partial charge in [-0.05, 0) is 17.7 Å². The highest BCUT2D eigenvalue weighted by Crippen LogP contribution is 2.25. The van der Waals surface area contributed by atoms with Crippen LogP contribution in [0.15, 0.2) is 36.0 Å². The Balaban J connectivity index is 2.41. The maximum Gasteiger partial charge on any atom is 0.230 e. The van der Waals surface area contributed by atoms with E-state index in [4.69, 9.17) is 0 Å². The summed E-state index contributed by atoms with van der Waals surface area (Å²) in [5.74, 6) is 0.0387. The molecule has 2 atom stereocenters. The zero-order valence-corrected chi connectivity index (χ0v) is 7.92. The Hall–Kier alpha value is -1.64. The number of carbonyl (C=O) groups excluding carboxylic acids is 1. The molecule has 1 aliphatic heterocycles. The number of allylic oxidation sites excluding steroid dienone is 3. The van der Waals surface area contributed by atoms with Crippen molar-refractivity contribution in [3.05, 3.63) is 36.0 Å².